The first kappa shape index (κ1) is 15.5. The molecule has 0 saturated carbocycles. The van der Waals surface area contributed by atoms with Crippen molar-refractivity contribution in [1.29, 1.82) is 0 Å². The highest BCUT2D eigenvalue weighted by Crippen LogP contribution is 2.31. The van der Waals surface area contributed by atoms with E-state index in [4.69, 9.17) is 9.47 Å². The van der Waals surface area contributed by atoms with Crippen molar-refractivity contribution < 1.29 is 9.47 Å². The molecule has 0 spiro atoms. The molecule has 0 amide bonds. The highest BCUT2D eigenvalue weighted by molar-refractivity contribution is 5.26. The van der Waals surface area contributed by atoms with Gasteiger partial charge in [0.2, 0.25) is 0 Å². The molecule has 0 aromatic heterocycles. The van der Waals surface area contributed by atoms with Gasteiger partial charge in [-0.25, -0.2) is 0 Å². The zero-order valence-corrected chi connectivity index (χ0v) is 12.9. The van der Waals surface area contributed by atoms with E-state index in [0.29, 0.717) is 18.1 Å². The van der Waals surface area contributed by atoms with Crippen LogP contribution in [0.15, 0.2) is 24.3 Å². The van der Waals surface area contributed by atoms with E-state index in [0.717, 1.165) is 26.2 Å². The Hall–Kier alpha value is -0.900. The summed E-state index contributed by atoms with van der Waals surface area (Å²) in [4.78, 5) is 0. The first-order valence-electron chi connectivity index (χ1n) is 7.69. The van der Waals surface area contributed by atoms with Gasteiger partial charge in [-0.2, -0.15) is 0 Å². The standard InChI is InChI=1S/C17H27NO2/c1-4-18-16(17-13(2)9-12-20-17)15-7-5-14(6-8-15)10-11-19-3/h5-8,13,16-18H,4,9-12H2,1-3H3. The Balaban J connectivity index is 2.08. The molecule has 112 valence electrons. The van der Waals surface area contributed by atoms with Crippen LogP contribution in [0.3, 0.4) is 0 Å². The highest BCUT2D eigenvalue weighted by atomic mass is 16.5. The molecule has 2 rings (SSSR count). The molecule has 1 heterocycles. The number of likely N-dealkylation sites (N-methyl/N-ethyl adjacent to an activating group) is 1. The van der Waals surface area contributed by atoms with Gasteiger partial charge in [-0.1, -0.05) is 38.1 Å². The number of methoxy groups -OCH3 is 1. The van der Waals surface area contributed by atoms with Crippen LogP contribution in [0.2, 0.25) is 0 Å². The van der Waals surface area contributed by atoms with Gasteiger partial charge < -0.3 is 14.8 Å². The van der Waals surface area contributed by atoms with Crippen molar-refractivity contribution in [3.63, 3.8) is 0 Å². The third-order valence-electron chi connectivity index (χ3n) is 4.13. The normalized spacial score (nSPS) is 23.9. The maximum absolute atomic E-state index is 5.95. The van der Waals surface area contributed by atoms with Crippen molar-refractivity contribution in [3.8, 4) is 0 Å². The quantitative estimate of drug-likeness (QED) is 0.831. The summed E-state index contributed by atoms with van der Waals surface area (Å²) >= 11 is 0. The molecule has 3 heteroatoms. The Kier molecular flexibility index (Phi) is 6.02. The van der Waals surface area contributed by atoms with Crippen LogP contribution in [0.5, 0.6) is 0 Å². The second-order valence-corrected chi connectivity index (χ2v) is 5.62. The van der Waals surface area contributed by atoms with Crippen LogP contribution in [0.1, 0.15) is 37.4 Å². The molecular weight excluding hydrogens is 250 g/mol. The van der Waals surface area contributed by atoms with E-state index in [9.17, 15) is 0 Å². The van der Waals surface area contributed by atoms with Crippen molar-refractivity contribution >= 4 is 0 Å². The average Bonchev–Trinajstić information content (AvgIpc) is 2.89. The van der Waals surface area contributed by atoms with Crippen LogP contribution in [-0.4, -0.2) is 33.0 Å². The van der Waals surface area contributed by atoms with E-state index in [2.05, 4.69) is 43.4 Å². The van der Waals surface area contributed by atoms with E-state index in [1.165, 1.54) is 17.5 Å². The average molecular weight is 277 g/mol. The minimum atomic E-state index is 0.291. The van der Waals surface area contributed by atoms with Gasteiger partial charge in [0.15, 0.2) is 0 Å². The first-order valence-corrected chi connectivity index (χ1v) is 7.69. The van der Waals surface area contributed by atoms with Gasteiger partial charge in [0, 0.05) is 13.7 Å². The third-order valence-corrected chi connectivity index (χ3v) is 4.13. The van der Waals surface area contributed by atoms with Gasteiger partial charge in [0.1, 0.15) is 0 Å². The molecule has 0 bridgehead atoms. The number of benzene rings is 1. The molecule has 1 aromatic carbocycles. The summed E-state index contributed by atoms with van der Waals surface area (Å²) in [5.74, 6) is 0.618. The fourth-order valence-electron chi connectivity index (χ4n) is 2.90. The SMILES string of the molecule is CCNC(c1ccc(CCOC)cc1)C1OCCC1C. The second-order valence-electron chi connectivity index (χ2n) is 5.62. The molecule has 1 fully saturated rings. The van der Waals surface area contributed by atoms with Crippen LogP contribution < -0.4 is 5.32 Å². The highest BCUT2D eigenvalue weighted by Gasteiger charge is 2.32. The Labute approximate surface area is 122 Å². The summed E-state index contributed by atoms with van der Waals surface area (Å²) in [6.45, 7) is 7.07. The Morgan fingerprint density at radius 1 is 1.35 bits per heavy atom. The summed E-state index contributed by atoms with van der Waals surface area (Å²) in [5.41, 5.74) is 2.65. The Bertz CT molecular complexity index is 390. The van der Waals surface area contributed by atoms with E-state index < -0.39 is 0 Å². The van der Waals surface area contributed by atoms with E-state index in [1.54, 1.807) is 7.11 Å². The Morgan fingerprint density at radius 2 is 2.10 bits per heavy atom. The molecule has 3 atom stereocenters. The molecule has 1 N–H and O–H groups in total. The lowest BCUT2D eigenvalue weighted by Crippen LogP contribution is -2.34. The molecule has 3 unspecified atom stereocenters. The molecule has 1 saturated heterocycles. The number of hydrogen-bond donors (Lipinski definition) is 1. The number of hydrogen-bond acceptors (Lipinski definition) is 3. The van der Waals surface area contributed by atoms with Crippen LogP contribution in [0, 0.1) is 5.92 Å². The van der Waals surface area contributed by atoms with Gasteiger partial charge in [-0.3, -0.25) is 0 Å². The van der Waals surface area contributed by atoms with Gasteiger partial charge in [-0.05, 0) is 36.4 Å². The molecule has 0 aliphatic carbocycles. The van der Waals surface area contributed by atoms with Crippen LogP contribution in [0.25, 0.3) is 0 Å². The fraction of sp³-hybridized carbons (Fsp3) is 0.647. The molecular formula is C17H27NO2. The summed E-state index contributed by atoms with van der Waals surface area (Å²) < 4.78 is 11.1. The predicted molar refractivity (Wildman–Crippen MR) is 82.0 cm³/mol. The molecule has 0 radical (unpaired) electrons. The summed E-state index contributed by atoms with van der Waals surface area (Å²) in [7, 11) is 1.74. The fourth-order valence-corrected chi connectivity index (χ4v) is 2.90. The van der Waals surface area contributed by atoms with Crippen LogP contribution >= 0.6 is 0 Å². The van der Waals surface area contributed by atoms with Crippen molar-refractivity contribution in [2.75, 3.05) is 26.9 Å². The number of ether oxygens (including phenoxy) is 2. The third kappa shape index (κ3) is 3.81. The summed E-state index contributed by atoms with van der Waals surface area (Å²) in [5, 5.41) is 3.58. The van der Waals surface area contributed by atoms with Crippen LogP contribution in [-0.2, 0) is 15.9 Å². The van der Waals surface area contributed by atoms with Crippen molar-refractivity contribution in [2.24, 2.45) is 5.92 Å². The Morgan fingerprint density at radius 3 is 2.65 bits per heavy atom. The minimum absolute atomic E-state index is 0.291. The monoisotopic (exact) mass is 277 g/mol. The molecule has 20 heavy (non-hydrogen) atoms. The van der Waals surface area contributed by atoms with Crippen molar-refractivity contribution in [1.82, 2.24) is 5.32 Å². The van der Waals surface area contributed by atoms with Crippen molar-refractivity contribution in [2.45, 2.75) is 38.8 Å². The van der Waals surface area contributed by atoms with Gasteiger partial charge in [0.05, 0.1) is 18.8 Å². The van der Waals surface area contributed by atoms with E-state index in [1.807, 2.05) is 0 Å². The largest absolute Gasteiger partial charge is 0.384 e. The predicted octanol–water partition coefficient (Wildman–Crippen LogP) is 2.95. The smallest absolute Gasteiger partial charge is 0.0795 e. The topological polar surface area (TPSA) is 30.5 Å². The van der Waals surface area contributed by atoms with Crippen molar-refractivity contribution in [3.05, 3.63) is 35.4 Å². The minimum Gasteiger partial charge on any atom is -0.384 e. The lowest BCUT2D eigenvalue weighted by Gasteiger charge is -2.27. The van der Waals surface area contributed by atoms with Gasteiger partial charge >= 0.3 is 0 Å². The van der Waals surface area contributed by atoms with E-state index >= 15 is 0 Å². The molecule has 3 nitrogen and oxygen atoms in total. The van der Waals surface area contributed by atoms with Gasteiger partial charge in [0.25, 0.3) is 0 Å². The zero-order valence-electron chi connectivity index (χ0n) is 12.9. The van der Waals surface area contributed by atoms with E-state index in [-0.39, 0.29) is 0 Å². The summed E-state index contributed by atoms with van der Waals surface area (Å²) in [6, 6.07) is 9.17. The lowest BCUT2D eigenvalue weighted by atomic mass is 9.92. The number of nitrogens with one attached hydrogen (secondary N) is 1. The lowest BCUT2D eigenvalue weighted by molar-refractivity contribution is 0.0612. The van der Waals surface area contributed by atoms with Crippen LogP contribution in [0.4, 0.5) is 0 Å². The molecule has 1 aromatic rings. The number of rotatable bonds is 7. The second kappa shape index (κ2) is 7.77. The molecule has 1 aliphatic rings. The van der Waals surface area contributed by atoms with Gasteiger partial charge in [-0.15, -0.1) is 0 Å². The zero-order chi connectivity index (χ0) is 14.4. The molecule has 1 aliphatic heterocycles. The maximum atomic E-state index is 5.95. The summed E-state index contributed by atoms with van der Waals surface area (Å²) in [6.07, 6.45) is 2.43. The maximum Gasteiger partial charge on any atom is 0.0795 e. The first-order chi connectivity index (χ1) is 9.76.